The Kier molecular flexibility index (Phi) is 4.80. The van der Waals surface area contributed by atoms with E-state index < -0.39 is 0 Å². The molecule has 74 valence electrons. The predicted octanol–water partition coefficient (Wildman–Crippen LogP) is 2.21. The van der Waals surface area contributed by atoms with Gasteiger partial charge in [0, 0.05) is 0 Å². The van der Waals surface area contributed by atoms with Crippen molar-refractivity contribution in [2.45, 2.75) is 53.2 Å². The molecule has 0 aromatic heterocycles. The molecule has 0 unspecified atom stereocenters. The lowest BCUT2D eigenvalue weighted by Crippen LogP contribution is -2.24. The van der Waals surface area contributed by atoms with Crippen LogP contribution in [0.3, 0.4) is 0 Å². The van der Waals surface area contributed by atoms with Gasteiger partial charge >= 0.3 is 0 Å². The summed E-state index contributed by atoms with van der Waals surface area (Å²) in [5.41, 5.74) is 0.180. The Bertz CT molecular complexity index is 113. The highest BCUT2D eigenvalue weighted by molar-refractivity contribution is 4.67. The van der Waals surface area contributed by atoms with Crippen LogP contribution in [0.4, 0.5) is 0 Å². The summed E-state index contributed by atoms with van der Waals surface area (Å²) >= 11 is 0. The van der Waals surface area contributed by atoms with Crippen LogP contribution in [0.2, 0.25) is 0 Å². The van der Waals surface area contributed by atoms with Crippen molar-refractivity contribution in [3.05, 3.63) is 0 Å². The van der Waals surface area contributed by atoms with E-state index in [9.17, 15) is 5.11 Å². The molecule has 0 radical (unpaired) electrons. The fourth-order valence-electron chi connectivity index (χ4n) is 1.07. The molecule has 0 saturated heterocycles. The van der Waals surface area contributed by atoms with E-state index in [1.54, 1.807) is 0 Å². The van der Waals surface area contributed by atoms with Gasteiger partial charge in [-0.05, 0) is 25.7 Å². The molecule has 0 aromatic rings. The summed E-state index contributed by atoms with van der Waals surface area (Å²) in [4.78, 5) is 0. The first kappa shape index (κ1) is 11.9. The quantitative estimate of drug-likeness (QED) is 0.708. The van der Waals surface area contributed by atoms with Crippen molar-refractivity contribution >= 4 is 0 Å². The predicted molar refractivity (Wildman–Crippen MR) is 51.2 cm³/mol. The minimum absolute atomic E-state index is 0.180. The van der Waals surface area contributed by atoms with E-state index in [2.05, 4.69) is 20.8 Å². The van der Waals surface area contributed by atoms with Crippen LogP contribution in [0.15, 0.2) is 0 Å². The van der Waals surface area contributed by atoms with Crippen molar-refractivity contribution in [1.82, 2.24) is 0 Å². The lowest BCUT2D eigenvalue weighted by Gasteiger charge is -2.22. The summed E-state index contributed by atoms with van der Waals surface area (Å²) in [5, 5.41) is 9.51. The molecule has 0 aliphatic carbocycles. The standard InChI is InChI=1S/C10H22O2/c1-8(2)12-7-9(11)6-10(3,4)5/h8-9,11H,6-7H2,1-5H3/t9-/m1/s1. The van der Waals surface area contributed by atoms with Crippen LogP contribution >= 0.6 is 0 Å². The van der Waals surface area contributed by atoms with E-state index in [1.165, 1.54) is 0 Å². The third-order valence-electron chi connectivity index (χ3n) is 1.47. The van der Waals surface area contributed by atoms with Crippen LogP contribution in [-0.2, 0) is 4.74 Å². The molecule has 0 amide bonds. The number of aliphatic hydroxyl groups is 1. The fraction of sp³-hybridized carbons (Fsp3) is 1.00. The van der Waals surface area contributed by atoms with Crippen LogP contribution < -0.4 is 0 Å². The lowest BCUT2D eigenvalue weighted by atomic mass is 9.89. The van der Waals surface area contributed by atoms with Gasteiger partial charge in [0.1, 0.15) is 0 Å². The van der Waals surface area contributed by atoms with E-state index in [4.69, 9.17) is 4.74 Å². The molecular formula is C10H22O2. The second-order valence-corrected chi connectivity index (χ2v) is 4.80. The van der Waals surface area contributed by atoms with Crippen LogP contribution in [0.25, 0.3) is 0 Å². The second-order valence-electron chi connectivity index (χ2n) is 4.80. The molecule has 2 nitrogen and oxygen atoms in total. The van der Waals surface area contributed by atoms with E-state index in [-0.39, 0.29) is 17.6 Å². The van der Waals surface area contributed by atoms with Gasteiger partial charge in [-0.15, -0.1) is 0 Å². The van der Waals surface area contributed by atoms with Crippen molar-refractivity contribution in [1.29, 1.82) is 0 Å². The summed E-state index contributed by atoms with van der Waals surface area (Å²) in [7, 11) is 0. The number of rotatable bonds is 4. The van der Waals surface area contributed by atoms with Crippen molar-refractivity contribution < 1.29 is 9.84 Å². The number of hydrogen-bond donors (Lipinski definition) is 1. The molecular weight excluding hydrogens is 152 g/mol. The SMILES string of the molecule is CC(C)OC[C@H](O)CC(C)(C)C. The van der Waals surface area contributed by atoms with Gasteiger partial charge in [-0.1, -0.05) is 20.8 Å². The fourth-order valence-corrected chi connectivity index (χ4v) is 1.07. The molecule has 0 aliphatic heterocycles. The summed E-state index contributed by atoms with van der Waals surface area (Å²) in [6, 6.07) is 0. The van der Waals surface area contributed by atoms with Crippen LogP contribution in [0.5, 0.6) is 0 Å². The summed E-state index contributed by atoms with van der Waals surface area (Å²) in [6.07, 6.45) is 0.673. The van der Waals surface area contributed by atoms with Gasteiger partial charge in [0.05, 0.1) is 18.8 Å². The Balaban J connectivity index is 3.53. The zero-order chi connectivity index (χ0) is 9.78. The monoisotopic (exact) mass is 174 g/mol. The highest BCUT2D eigenvalue weighted by Gasteiger charge is 2.16. The Morgan fingerprint density at radius 2 is 1.75 bits per heavy atom. The molecule has 1 N–H and O–H groups in total. The largest absolute Gasteiger partial charge is 0.391 e. The van der Waals surface area contributed by atoms with E-state index in [0.29, 0.717) is 6.61 Å². The summed E-state index contributed by atoms with van der Waals surface area (Å²) in [5.74, 6) is 0. The highest BCUT2D eigenvalue weighted by atomic mass is 16.5. The molecule has 12 heavy (non-hydrogen) atoms. The Hall–Kier alpha value is -0.0800. The number of aliphatic hydroxyl groups excluding tert-OH is 1. The van der Waals surface area contributed by atoms with Gasteiger partial charge in [-0.2, -0.15) is 0 Å². The molecule has 0 aliphatic rings. The topological polar surface area (TPSA) is 29.5 Å². The summed E-state index contributed by atoms with van der Waals surface area (Å²) in [6.45, 7) is 10.8. The molecule has 1 atom stereocenters. The average molecular weight is 174 g/mol. The Morgan fingerprint density at radius 1 is 1.25 bits per heavy atom. The maximum atomic E-state index is 9.51. The molecule has 0 aromatic carbocycles. The lowest BCUT2D eigenvalue weighted by molar-refractivity contribution is -0.00952. The van der Waals surface area contributed by atoms with Gasteiger partial charge in [-0.3, -0.25) is 0 Å². The maximum absolute atomic E-state index is 9.51. The molecule has 0 spiro atoms. The van der Waals surface area contributed by atoms with Gasteiger partial charge in [0.25, 0.3) is 0 Å². The minimum atomic E-state index is -0.326. The first-order chi connectivity index (χ1) is 5.31. The van der Waals surface area contributed by atoms with Gasteiger partial charge in [0.15, 0.2) is 0 Å². The Morgan fingerprint density at radius 3 is 2.08 bits per heavy atom. The minimum Gasteiger partial charge on any atom is -0.391 e. The molecule has 2 heteroatoms. The normalized spacial score (nSPS) is 15.2. The van der Waals surface area contributed by atoms with E-state index in [1.807, 2.05) is 13.8 Å². The highest BCUT2D eigenvalue weighted by Crippen LogP contribution is 2.20. The molecule has 0 fully saturated rings. The first-order valence-electron chi connectivity index (χ1n) is 4.61. The third kappa shape index (κ3) is 8.02. The van der Waals surface area contributed by atoms with Crippen molar-refractivity contribution in [3.63, 3.8) is 0 Å². The maximum Gasteiger partial charge on any atom is 0.0778 e. The zero-order valence-electron chi connectivity index (χ0n) is 8.92. The van der Waals surface area contributed by atoms with Crippen molar-refractivity contribution in [3.8, 4) is 0 Å². The smallest absolute Gasteiger partial charge is 0.0778 e. The molecule has 0 rings (SSSR count). The molecule has 0 bridgehead atoms. The average Bonchev–Trinajstić information content (AvgIpc) is 1.79. The second kappa shape index (κ2) is 4.83. The zero-order valence-corrected chi connectivity index (χ0v) is 8.92. The molecule has 0 heterocycles. The third-order valence-corrected chi connectivity index (χ3v) is 1.47. The van der Waals surface area contributed by atoms with Crippen LogP contribution in [-0.4, -0.2) is 23.9 Å². The first-order valence-corrected chi connectivity index (χ1v) is 4.61. The number of hydrogen-bond acceptors (Lipinski definition) is 2. The summed E-state index contributed by atoms with van der Waals surface area (Å²) < 4.78 is 5.30. The van der Waals surface area contributed by atoms with Crippen molar-refractivity contribution in [2.24, 2.45) is 5.41 Å². The van der Waals surface area contributed by atoms with Gasteiger partial charge in [-0.25, -0.2) is 0 Å². The number of ether oxygens (including phenoxy) is 1. The van der Waals surface area contributed by atoms with E-state index >= 15 is 0 Å². The van der Waals surface area contributed by atoms with Crippen LogP contribution in [0.1, 0.15) is 41.0 Å². The van der Waals surface area contributed by atoms with Gasteiger partial charge < -0.3 is 9.84 Å². The van der Waals surface area contributed by atoms with Crippen molar-refractivity contribution in [2.75, 3.05) is 6.61 Å². The van der Waals surface area contributed by atoms with E-state index in [0.717, 1.165) is 6.42 Å². The molecule has 0 saturated carbocycles. The van der Waals surface area contributed by atoms with Crippen LogP contribution in [0, 0.1) is 5.41 Å². The Labute approximate surface area is 75.9 Å². The van der Waals surface area contributed by atoms with Gasteiger partial charge in [0.2, 0.25) is 0 Å².